The summed E-state index contributed by atoms with van der Waals surface area (Å²) in [6.45, 7) is 2.71. The molecule has 0 saturated carbocycles. The van der Waals surface area contributed by atoms with Gasteiger partial charge in [-0.1, -0.05) is 79.5 Å². The van der Waals surface area contributed by atoms with E-state index in [1.165, 1.54) is 18.9 Å². The molecule has 0 amide bonds. The molecule has 8 nitrogen and oxygen atoms in total. The first-order valence-corrected chi connectivity index (χ1v) is 13.5. The van der Waals surface area contributed by atoms with Crippen LogP contribution >= 0.6 is 11.6 Å². The zero-order valence-electron chi connectivity index (χ0n) is 22.3. The largest absolute Gasteiger partial charge is 0.425 e. The maximum atomic E-state index is 12.8. The molecule has 5 rings (SSSR count). The monoisotopic (exact) mass is 557 g/mol. The number of aromatic nitrogens is 3. The summed E-state index contributed by atoms with van der Waals surface area (Å²) in [7, 11) is 0. The van der Waals surface area contributed by atoms with Crippen molar-refractivity contribution >= 4 is 23.2 Å². The molecule has 5 N–H and O–H groups in total. The summed E-state index contributed by atoms with van der Waals surface area (Å²) in [6.07, 6.45) is 2.93. The topological polar surface area (TPSA) is 128 Å². The SMILES string of the molecule is CCCCN.NCC(=O)Oc1ccccc1-c1cc(=O)[nH]c2c(-c3ccc(Cl)cc3)c(Cc3ccccc3)nn12. The Kier molecular flexibility index (Phi) is 9.86. The molecular weight excluding hydrogens is 526 g/mol. The van der Waals surface area contributed by atoms with E-state index in [1.807, 2.05) is 42.5 Å². The zero-order valence-corrected chi connectivity index (χ0v) is 23.0. The summed E-state index contributed by atoms with van der Waals surface area (Å²) in [5.74, 6) is -0.284. The number of rotatable bonds is 8. The van der Waals surface area contributed by atoms with Gasteiger partial charge < -0.3 is 21.2 Å². The molecule has 0 unspecified atom stereocenters. The lowest BCUT2D eigenvalue weighted by Gasteiger charge is -2.11. The molecule has 0 aliphatic rings. The van der Waals surface area contributed by atoms with Crippen LogP contribution in [0.1, 0.15) is 31.0 Å². The molecule has 0 radical (unpaired) electrons. The van der Waals surface area contributed by atoms with E-state index in [2.05, 4.69) is 11.9 Å². The van der Waals surface area contributed by atoms with Crippen molar-refractivity contribution < 1.29 is 9.53 Å². The van der Waals surface area contributed by atoms with Crippen LogP contribution < -0.4 is 21.8 Å². The summed E-state index contributed by atoms with van der Waals surface area (Å²) in [6, 6.07) is 25.8. The Morgan fingerprint density at radius 3 is 2.35 bits per heavy atom. The van der Waals surface area contributed by atoms with Gasteiger partial charge in [-0.25, -0.2) is 4.52 Å². The normalized spacial score (nSPS) is 10.7. The second-order valence-electron chi connectivity index (χ2n) is 9.09. The number of halogens is 1. The Bertz CT molecular complexity index is 1630. The van der Waals surface area contributed by atoms with Gasteiger partial charge >= 0.3 is 5.97 Å². The number of aromatic amines is 1. The molecular formula is C31H32ClN5O3. The average Bonchev–Trinajstić information content (AvgIpc) is 3.32. The number of nitrogens with zero attached hydrogens (tertiary/aromatic N) is 2. The van der Waals surface area contributed by atoms with Crippen molar-refractivity contribution in [1.29, 1.82) is 0 Å². The summed E-state index contributed by atoms with van der Waals surface area (Å²) >= 11 is 6.13. The van der Waals surface area contributed by atoms with Crippen molar-refractivity contribution in [1.82, 2.24) is 14.6 Å². The van der Waals surface area contributed by atoms with Crippen LogP contribution in [0.3, 0.4) is 0 Å². The number of fused-ring (bicyclic) bond motifs is 1. The van der Waals surface area contributed by atoms with Gasteiger partial charge in [-0.3, -0.25) is 9.59 Å². The third kappa shape index (κ3) is 6.84. The first-order valence-electron chi connectivity index (χ1n) is 13.1. The van der Waals surface area contributed by atoms with E-state index in [0.29, 0.717) is 34.1 Å². The van der Waals surface area contributed by atoms with Crippen LogP contribution in [-0.2, 0) is 11.2 Å². The van der Waals surface area contributed by atoms with E-state index < -0.39 is 5.97 Å². The summed E-state index contributed by atoms with van der Waals surface area (Å²) < 4.78 is 7.12. The predicted octanol–water partition coefficient (Wildman–Crippen LogP) is 5.21. The Hall–Kier alpha value is -4.24. The molecule has 5 aromatic rings. The fraction of sp³-hybridized carbons (Fsp3) is 0.194. The number of unbranched alkanes of at least 4 members (excludes halogenated alkanes) is 1. The lowest BCUT2D eigenvalue weighted by atomic mass is 10.0. The van der Waals surface area contributed by atoms with Gasteiger partial charge in [0.2, 0.25) is 0 Å². The molecule has 0 aliphatic heterocycles. The van der Waals surface area contributed by atoms with Gasteiger partial charge in [0.15, 0.2) is 0 Å². The Labute approximate surface area is 237 Å². The van der Waals surface area contributed by atoms with Crippen LogP contribution in [0, 0.1) is 0 Å². The van der Waals surface area contributed by atoms with Gasteiger partial charge in [-0.05, 0) is 48.4 Å². The molecule has 40 heavy (non-hydrogen) atoms. The fourth-order valence-corrected chi connectivity index (χ4v) is 4.38. The third-order valence-corrected chi connectivity index (χ3v) is 6.41. The van der Waals surface area contributed by atoms with Crippen molar-refractivity contribution in [3.63, 3.8) is 0 Å². The van der Waals surface area contributed by atoms with Gasteiger partial charge in [0.05, 0.1) is 17.9 Å². The van der Waals surface area contributed by atoms with Crippen molar-refractivity contribution in [2.45, 2.75) is 26.2 Å². The molecule has 9 heteroatoms. The minimum atomic E-state index is -0.578. The molecule has 0 fully saturated rings. The first kappa shape index (κ1) is 28.8. The van der Waals surface area contributed by atoms with Gasteiger partial charge in [0.25, 0.3) is 5.56 Å². The van der Waals surface area contributed by atoms with Crippen LogP contribution in [-0.4, -0.2) is 33.7 Å². The number of esters is 1. The van der Waals surface area contributed by atoms with Crippen LogP contribution in [0.5, 0.6) is 5.75 Å². The molecule has 0 bridgehead atoms. The highest BCUT2D eigenvalue weighted by atomic mass is 35.5. The maximum absolute atomic E-state index is 12.8. The Morgan fingerprint density at radius 2 is 1.70 bits per heavy atom. The van der Waals surface area contributed by atoms with Crippen LogP contribution in [0.25, 0.3) is 28.0 Å². The molecule has 206 valence electrons. The lowest BCUT2D eigenvalue weighted by molar-refractivity contribution is -0.132. The van der Waals surface area contributed by atoms with Gasteiger partial charge in [0, 0.05) is 28.6 Å². The highest BCUT2D eigenvalue weighted by molar-refractivity contribution is 6.30. The van der Waals surface area contributed by atoms with Gasteiger partial charge in [-0.2, -0.15) is 5.10 Å². The summed E-state index contributed by atoms with van der Waals surface area (Å²) in [5.41, 5.74) is 15.3. The van der Waals surface area contributed by atoms with Crippen LogP contribution in [0.15, 0.2) is 89.7 Å². The zero-order chi connectivity index (χ0) is 28.5. The Balaban J connectivity index is 0.000000681. The molecule has 0 spiro atoms. The van der Waals surface area contributed by atoms with E-state index in [9.17, 15) is 9.59 Å². The molecule has 3 aromatic carbocycles. The smallest absolute Gasteiger partial charge is 0.325 e. The summed E-state index contributed by atoms with van der Waals surface area (Å²) in [5, 5.41) is 5.52. The molecule has 2 aromatic heterocycles. The quantitative estimate of drug-likeness (QED) is 0.177. The maximum Gasteiger partial charge on any atom is 0.325 e. The van der Waals surface area contributed by atoms with Crippen molar-refractivity contribution in [3.8, 4) is 28.1 Å². The molecule has 0 atom stereocenters. The number of ether oxygens (including phenoxy) is 1. The number of hydrogen-bond acceptors (Lipinski definition) is 6. The fourth-order valence-electron chi connectivity index (χ4n) is 4.25. The molecule has 0 saturated heterocycles. The minimum absolute atomic E-state index is 0.261. The van der Waals surface area contributed by atoms with E-state index in [0.717, 1.165) is 28.9 Å². The van der Waals surface area contributed by atoms with E-state index in [1.54, 1.807) is 40.9 Å². The van der Waals surface area contributed by atoms with Crippen molar-refractivity contribution in [2.24, 2.45) is 11.5 Å². The van der Waals surface area contributed by atoms with E-state index in [-0.39, 0.29) is 12.1 Å². The van der Waals surface area contributed by atoms with Crippen LogP contribution in [0.2, 0.25) is 5.02 Å². The highest BCUT2D eigenvalue weighted by Gasteiger charge is 2.21. The standard InChI is InChI=1S/C27H21ClN4O3.C4H11N/c28-19-12-10-18(11-13-19)26-21(14-17-6-2-1-3-7-17)31-32-22(15-24(33)30-27(26)32)20-8-4-5-9-23(20)35-25(34)16-29;1-2-3-4-5/h1-13,15H,14,16,29H2,(H,30,33);2-5H2,1H3. The van der Waals surface area contributed by atoms with E-state index >= 15 is 0 Å². The number of carbonyl (C=O) groups is 1. The third-order valence-electron chi connectivity index (χ3n) is 6.15. The highest BCUT2D eigenvalue weighted by Crippen LogP contribution is 2.34. The second kappa shape index (κ2) is 13.7. The minimum Gasteiger partial charge on any atom is -0.425 e. The number of hydrogen-bond donors (Lipinski definition) is 3. The number of para-hydroxylation sites is 1. The average molecular weight is 558 g/mol. The van der Waals surface area contributed by atoms with Crippen molar-refractivity contribution in [3.05, 3.63) is 112 Å². The number of benzene rings is 3. The second-order valence-corrected chi connectivity index (χ2v) is 9.52. The first-order chi connectivity index (χ1) is 19.4. The van der Waals surface area contributed by atoms with Gasteiger partial charge in [0.1, 0.15) is 11.4 Å². The number of H-pyrrole nitrogens is 1. The lowest BCUT2D eigenvalue weighted by Crippen LogP contribution is -2.20. The molecule has 2 heterocycles. The number of carbonyl (C=O) groups excluding carboxylic acids is 1. The van der Waals surface area contributed by atoms with Gasteiger partial charge in [-0.15, -0.1) is 0 Å². The predicted molar refractivity (Wildman–Crippen MR) is 160 cm³/mol. The number of nitrogens with one attached hydrogen (secondary N) is 1. The van der Waals surface area contributed by atoms with E-state index in [4.69, 9.17) is 32.9 Å². The summed E-state index contributed by atoms with van der Waals surface area (Å²) in [4.78, 5) is 27.7. The Morgan fingerprint density at radius 1 is 1.00 bits per heavy atom. The van der Waals surface area contributed by atoms with Crippen LogP contribution in [0.4, 0.5) is 0 Å². The molecule has 0 aliphatic carbocycles. The van der Waals surface area contributed by atoms with Crippen molar-refractivity contribution in [2.75, 3.05) is 13.1 Å². The number of nitrogens with two attached hydrogens (primary N) is 2.